The summed E-state index contributed by atoms with van der Waals surface area (Å²) in [6.07, 6.45) is 3.17. The molecule has 0 bridgehead atoms. The zero-order valence-corrected chi connectivity index (χ0v) is 12.9. The summed E-state index contributed by atoms with van der Waals surface area (Å²) in [5.41, 5.74) is 0. The molecule has 114 valence electrons. The van der Waals surface area contributed by atoms with Gasteiger partial charge >= 0.3 is 0 Å². The standard InChI is InChI=1S/C13H23N3O3S/c1-9(13(19)16-6-4-3-5-7-16)14-12(18)11(8-20)15-10(2)17/h9,11,20H,3-8H2,1-2H3,(H,14,18)(H,15,17). The molecular weight excluding hydrogens is 278 g/mol. The van der Waals surface area contributed by atoms with Crippen molar-refractivity contribution in [3.8, 4) is 0 Å². The Kier molecular flexibility index (Phi) is 6.84. The molecule has 1 heterocycles. The Hall–Kier alpha value is -1.24. The number of nitrogens with zero attached hydrogens (tertiary/aromatic N) is 1. The first-order valence-electron chi connectivity index (χ1n) is 6.92. The third-order valence-corrected chi connectivity index (χ3v) is 3.64. The number of nitrogens with one attached hydrogen (secondary N) is 2. The molecule has 1 fully saturated rings. The number of amides is 3. The normalized spacial score (nSPS) is 18.1. The zero-order valence-electron chi connectivity index (χ0n) is 12.0. The summed E-state index contributed by atoms with van der Waals surface area (Å²) in [5.74, 6) is -0.559. The number of rotatable bonds is 5. The van der Waals surface area contributed by atoms with Crippen LogP contribution in [-0.2, 0) is 14.4 Å². The summed E-state index contributed by atoms with van der Waals surface area (Å²) in [4.78, 5) is 36.9. The van der Waals surface area contributed by atoms with Gasteiger partial charge in [0.05, 0.1) is 0 Å². The lowest BCUT2D eigenvalue weighted by Crippen LogP contribution is -2.54. The van der Waals surface area contributed by atoms with Gasteiger partial charge in [-0.25, -0.2) is 0 Å². The molecule has 20 heavy (non-hydrogen) atoms. The highest BCUT2D eigenvalue weighted by molar-refractivity contribution is 7.80. The largest absolute Gasteiger partial charge is 0.344 e. The van der Waals surface area contributed by atoms with Gasteiger partial charge in [0.2, 0.25) is 17.7 Å². The number of likely N-dealkylation sites (tertiary alicyclic amines) is 1. The van der Waals surface area contributed by atoms with Crippen molar-refractivity contribution in [2.24, 2.45) is 0 Å². The molecule has 1 aliphatic heterocycles. The molecule has 3 amide bonds. The number of hydrogen-bond acceptors (Lipinski definition) is 4. The summed E-state index contributed by atoms with van der Waals surface area (Å²) < 4.78 is 0. The van der Waals surface area contributed by atoms with E-state index in [9.17, 15) is 14.4 Å². The van der Waals surface area contributed by atoms with Crippen LogP contribution in [0.3, 0.4) is 0 Å². The zero-order chi connectivity index (χ0) is 15.1. The second-order valence-electron chi connectivity index (χ2n) is 5.05. The van der Waals surface area contributed by atoms with Crippen molar-refractivity contribution in [2.45, 2.75) is 45.2 Å². The Morgan fingerprint density at radius 1 is 1.15 bits per heavy atom. The molecule has 2 unspecified atom stereocenters. The monoisotopic (exact) mass is 301 g/mol. The molecule has 0 aromatic rings. The molecule has 2 atom stereocenters. The van der Waals surface area contributed by atoms with Crippen LogP contribution in [0.1, 0.15) is 33.1 Å². The lowest BCUT2D eigenvalue weighted by atomic mass is 10.1. The Morgan fingerprint density at radius 3 is 2.25 bits per heavy atom. The maximum Gasteiger partial charge on any atom is 0.244 e. The third kappa shape index (κ3) is 5.03. The van der Waals surface area contributed by atoms with Crippen LogP contribution in [-0.4, -0.2) is 53.5 Å². The van der Waals surface area contributed by atoms with Crippen LogP contribution in [0.5, 0.6) is 0 Å². The number of carbonyl (C=O) groups excluding carboxylic acids is 3. The molecule has 1 aliphatic rings. The minimum absolute atomic E-state index is 0.0706. The van der Waals surface area contributed by atoms with E-state index in [-0.39, 0.29) is 23.5 Å². The highest BCUT2D eigenvalue weighted by Gasteiger charge is 2.26. The topological polar surface area (TPSA) is 78.5 Å². The van der Waals surface area contributed by atoms with E-state index in [0.717, 1.165) is 32.4 Å². The predicted octanol–water partition coefficient (Wildman–Crippen LogP) is -0.0619. The second kappa shape index (κ2) is 8.14. The fourth-order valence-electron chi connectivity index (χ4n) is 2.20. The third-order valence-electron chi connectivity index (χ3n) is 3.27. The summed E-state index contributed by atoms with van der Waals surface area (Å²) in [6.45, 7) is 4.51. The van der Waals surface area contributed by atoms with Gasteiger partial charge in [0.1, 0.15) is 12.1 Å². The average Bonchev–Trinajstić information content (AvgIpc) is 2.44. The Bertz CT molecular complexity index is 370. The van der Waals surface area contributed by atoms with Crippen molar-refractivity contribution in [1.29, 1.82) is 0 Å². The second-order valence-corrected chi connectivity index (χ2v) is 5.42. The Labute approximate surface area is 125 Å². The first kappa shape index (κ1) is 16.8. The highest BCUT2D eigenvalue weighted by Crippen LogP contribution is 2.10. The van der Waals surface area contributed by atoms with Gasteiger partial charge in [0.25, 0.3) is 0 Å². The van der Waals surface area contributed by atoms with Crippen LogP contribution in [0.2, 0.25) is 0 Å². The van der Waals surface area contributed by atoms with Crippen LogP contribution in [0, 0.1) is 0 Å². The minimum atomic E-state index is -0.715. The molecule has 0 aromatic carbocycles. The summed E-state index contributed by atoms with van der Waals surface area (Å²) in [6, 6.07) is -1.30. The smallest absolute Gasteiger partial charge is 0.244 e. The molecular formula is C13H23N3O3S. The molecule has 1 saturated heterocycles. The van der Waals surface area contributed by atoms with Gasteiger partial charge in [-0.2, -0.15) is 12.6 Å². The Morgan fingerprint density at radius 2 is 1.75 bits per heavy atom. The fraction of sp³-hybridized carbons (Fsp3) is 0.769. The van der Waals surface area contributed by atoms with Gasteiger partial charge in [0.15, 0.2) is 0 Å². The van der Waals surface area contributed by atoms with Crippen LogP contribution in [0.25, 0.3) is 0 Å². The number of hydrogen-bond donors (Lipinski definition) is 3. The van der Waals surface area contributed by atoms with E-state index in [1.54, 1.807) is 11.8 Å². The van der Waals surface area contributed by atoms with Crippen molar-refractivity contribution in [1.82, 2.24) is 15.5 Å². The number of carbonyl (C=O) groups is 3. The van der Waals surface area contributed by atoms with Crippen molar-refractivity contribution in [3.63, 3.8) is 0 Å². The summed E-state index contributed by atoms with van der Waals surface area (Å²) >= 11 is 4.03. The molecule has 0 aromatic heterocycles. The van der Waals surface area contributed by atoms with E-state index in [1.807, 2.05) is 0 Å². The van der Waals surface area contributed by atoms with Crippen LogP contribution in [0.15, 0.2) is 0 Å². The highest BCUT2D eigenvalue weighted by atomic mass is 32.1. The number of thiol groups is 1. The molecule has 0 spiro atoms. The van der Waals surface area contributed by atoms with E-state index < -0.39 is 12.1 Å². The first-order valence-corrected chi connectivity index (χ1v) is 7.56. The molecule has 0 radical (unpaired) electrons. The van der Waals surface area contributed by atoms with Crippen molar-refractivity contribution < 1.29 is 14.4 Å². The first-order chi connectivity index (χ1) is 9.45. The van der Waals surface area contributed by atoms with Gasteiger partial charge in [-0.15, -0.1) is 0 Å². The number of piperidine rings is 1. The molecule has 7 heteroatoms. The maximum atomic E-state index is 12.2. The van der Waals surface area contributed by atoms with E-state index in [0.29, 0.717) is 0 Å². The lowest BCUT2D eigenvalue weighted by molar-refractivity contribution is -0.137. The summed E-state index contributed by atoms with van der Waals surface area (Å²) in [5, 5.41) is 5.14. The SMILES string of the molecule is CC(=O)NC(CS)C(=O)NC(C)C(=O)N1CCCCC1. The van der Waals surface area contributed by atoms with Gasteiger partial charge < -0.3 is 15.5 Å². The quantitative estimate of drug-likeness (QED) is 0.623. The van der Waals surface area contributed by atoms with Gasteiger partial charge in [-0.3, -0.25) is 14.4 Å². The molecule has 6 nitrogen and oxygen atoms in total. The summed E-state index contributed by atoms with van der Waals surface area (Å²) in [7, 11) is 0. The molecule has 2 N–H and O–H groups in total. The maximum absolute atomic E-state index is 12.2. The van der Waals surface area contributed by atoms with Gasteiger partial charge in [-0.05, 0) is 26.2 Å². The van der Waals surface area contributed by atoms with Crippen LogP contribution in [0.4, 0.5) is 0 Å². The average molecular weight is 301 g/mol. The van der Waals surface area contributed by atoms with Crippen LogP contribution >= 0.6 is 12.6 Å². The lowest BCUT2D eigenvalue weighted by Gasteiger charge is -2.30. The van der Waals surface area contributed by atoms with E-state index in [1.165, 1.54) is 6.92 Å². The fourth-order valence-corrected chi connectivity index (χ4v) is 2.46. The van der Waals surface area contributed by atoms with Gasteiger partial charge in [0, 0.05) is 25.8 Å². The molecule has 1 rings (SSSR count). The minimum Gasteiger partial charge on any atom is -0.344 e. The van der Waals surface area contributed by atoms with Crippen molar-refractivity contribution in [3.05, 3.63) is 0 Å². The van der Waals surface area contributed by atoms with Crippen molar-refractivity contribution >= 4 is 30.4 Å². The van der Waals surface area contributed by atoms with E-state index >= 15 is 0 Å². The van der Waals surface area contributed by atoms with E-state index in [2.05, 4.69) is 23.3 Å². The predicted molar refractivity (Wildman–Crippen MR) is 79.5 cm³/mol. The van der Waals surface area contributed by atoms with Crippen LogP contribution < -0.4 is 10.6 Å². The van der Waals surface area contributed by atoms with E-state index in [4.69, 9.17) is 0 Å². The Balaban J connectivity index is 2.50. The molecule has 0 saturated carbocycles. The molecule has 0 aliphatic carbocycles. The van der Waals surface area contributed by atoms with Crippen molar-refractivity contribution in [2.75, 3.05) is 18.8 Å². The van der Waals surface area contributed by atoms with Gasteiger partial charge in [-0.1, -0.05) is 0 Å².